The molecule has 0 aliphatic carbocycles. The van der Waals surface area contributed by atoms with Gasteiger partial charge in [-0.05, 0) is 36.6 Å². The second-order valence-electron chi connectivity index (χ2n) is 5.01. The van der Waals surface area contributed by atoms with E-state index in [0.717, 1.165) is 6.42 Å². The topological polar surface area (TPSA) is 101 Å². The van der Waals surface area contributed by atoms with E-state index in [9.17, 15) is 13.2 Å². The number of nitrogens with two attached hydrogens (primary N) is 1. The van der Waals surface area contributed by atoms with Crippen molar-refractivity contribution >= 4 is 16.0 Å². The number of nitrogens with zero attached hydrogens (tertiary/aromatic N) is 1. The fraction of sp³-hybridized carbons (Fsp3) is 0.462. The molecular formula is C13H18N2O4S. The lowest BCUT2D eigenvalue weighted by molar-refractivity contribution is 0.0696. The summed E-state index contributed by atoms with van der Waals surface area (Å²) in [5, 5.41) is 8.91. The SMILES string of the molecule is NCC1CCN(S(=O)(=O)Cc2cccc(C(=O)O)c2)C1. The van der Waals surface area contributed by atoms with Crippen molar-refractivity contribution in [1.29, 1.82) is 0 Å². The molecule has 0 radical (unpaired) electrons. The largest absolute Gasteiger partial charge is 0.478 e. The molecule has 1 aliphatic heterocycles. The zero-order chi connectivity index (χ0) is 14.8. The van der Waals surface area contributed by atoms with Crippen LogP contribution in [0.5, 0.6) is 0 Å². The second-order valence-corrected chi connectivity index (χ2v) is 6.98. The van der Waals surface area contributed by atoms with Crippen LogP contribution >= 0.6 is 0 Å². The number of sulfonamides is 1. The third kappa shape index (κ3) is 3.36. The van der Waals surface area contributed by atoms with Gasteiger partial charge in [0.2, 0.25) is 10.0 Å². The summed E-state index contributed by atoms with van der Waals surface area (Å²) in [5.74, 6) is -1.02. The van der Waals surface area contributed by atoms with Gasteiger partial charge in [0.25, 0.3) is 0 Å². The quantitative estimate of drug-likeness (QED) is 0.824. The van der Waals surface area contributed by atoms with Crippen molar-refractivity contribution in [1.82, 2.24) is 4.31 Å². The van der Waals surface area contributed by atoms with Crippen LogP contribution in [0.4, 0.5) is 0 Å². The molecule has 110 valence electrons. The molecule has 0 amide bonds. The van der Waals surface area contributed by atoms with Crippen molar-refractivity contribution < 1.29 is 18.3 Å². The summed E-state index contributed by atoms with van der Waals surface area (Å²) >= 11 is 0. The molecule has 0 aromatic heterocycles. The summed E-state index contributed by atoms with van der Waals surface area (Å²) in [7, 11) is -3.41. The Labute approximate surface area is 118 Å². The molecule has 0 bridgehead atoms. The van der Waals surface area contributed by atoms with E-state index in [1.165, 1.54) is 16.4 Å². The van der Waals surface area contributed by atoms with Crippen LogP contribution in [0.25, 0.3) is 0 Å². The van der Waals surface area contributed by atoms with Crippen LogP contribution in [0.3, 0.4) is 0 Å². The molecule has 1 aromatic rings. The van der Waals surface area contributed by atoms with Crippen LogP contribution in [0, 0.1) is 5.92 Å². The zero-order valence-electron chi connectivity index (χ0n) is 11.0. The highest BCUT2D eigenvalue weighted by molar-refractivity contribution is 7.88. The Kier molecular flexibility index (Phi) is 4.42. The number of benzene rings is 1. The molecule has 6 nitrogen and oxygen atoms in total. The summed E-state index contributed by atoms with van der Waals surface area (Å²) in [6, 6.07) is 6.02. The number of hydrogen-bond donors (Lipinski definition) is 2. The second kappa shape index (κ2) is 5.90. The van der Waals surface area contributed by atoms with Crippen molar-refractivity contribution in [2.45, 2.75) is 12.2 Å². The number of rotatable bonds is 5. The maximum atomic E-state index is 12.3. The van der Waals surface area contributed by atoms with Gasteiger partial charge in [0.15, 0.2) is 0 Å². The Morgan fingerprint density at radius 3 is 2.80 bits per heavy atom. The van der Waals surface area contributed by atoms with Crippen LogP contribution in [0.1, 0.15) is 22.3 Å². The number of carboxylic acids is 1. The van der Waals surface area contributed by atoms with Gasteiger partial charge >= 0.3 is 5.97 Å². The first-order chi connectivity index (χ1) is 9.42. The molecule has 0 spiro atoms. The Hall–Kier alpha value is -1.44. The predicted octanol–water partition coefficient (Wildman–Crippen LogP) is 0.495. The summed E-state index contributed by atoms with van der Waals surface area (Å²) < 4.78 is 26.0. The fourth-order valence-electron chi connectivity index (χ4n) is 2.34. The molecule has 1 fully saturated rings. The first kappa shape index (κ1) is 15.0. The van der Waals surface area contributed by atoms with E-state index in [2.05, 4.69) is 0 Å². The van der Waals surface area contributed by atoms with Gasteiger partial charge in [0.05, 0.1) is 11.3 Å². The van der Waals surface area contributed by atoms with E-state index in [1.54, 1.807) is 12.1 Å². The molecule has 2 rings (SSSR count). The van der Waals surface area contributed by atoms with Crippen LogP contribution < -0.4 is 5.73 Å². The lowest BCUT2D eigenvalue weighted by atomic mass is 10.1. The van der Waals surface area contributed by atoms with E-state index in [1.807, 2.05) is 0 Å². The predicted molar refractivity (Wildman–Crippen MR) is 74.8 cm³/mol. The number of aromatic carboxylic acids is 1. The van der Waals surface area contributed by atoms with Gasteiger partial charge in [-0.15, -0.1) is 0 Å². The van der Waals surface area contributed by atoms with Gasteiger partial charge in [0, 0.05) is 13.1 Å². The third-order valence-electron chi connectivity index (χ3n) is 3.50. The van der Waals surface area contributed by atoms with Crippen molar-refractivity contribution in [3.05, 3.63) is 35.4 Å². The maximum Gasteiger partial charge on any atom is 0.335 e. The summed E-state index contributed by atoms with van der Waals surface area (Å²) in [6.07, 6.45) is 0.783. The van der Waals surface area contributed by atoms with Crippen LogP contribution in [-0.4, -0.2) is 43.4 Å². The van der Waals surface area contributed by atoms with E-state index >= 15 is 0 Å². The standard InChI is InChI=1S/C13H18N2O4S/c14-7-11-4-5-15(8-11)20(18,19)9-10-2-1-3-12(6-10)13(16)17/h1-3,6,11H,4-5,7-9,14H2,(H,16,17). The molecule has 1 atom stereocenters. The zero-order valence-corrected chi connectivity index (χ0v) is 11.8. The van der Waals surface area contributed by atoms with Gasteiger partial charge in [-0.2, -0.15) is 0 Å². The van der Waals surface area contributed by atoms with Crippen molar-refractivity contribution in [3.63, 3.8) is 0 Å². The highest BCUT2D eigenvalue weighted by atomic mass is 32.2. The van der Waals surface area contributed by atoms with Crippen molar-refractivity contribution in [3.8, 4) is 0 Å². The fourth-order valence-corrected chi connectivity index (χ4v) is 3.94. The maximum absolute atomic E-state index is 12.3. The average Bonchev–Trinajstić information content (AvgIpc) is 2.88. The first-order valence-electron chi connectivity index (χ1n) is 6.42. The van der Waals surface area contributed by atoms with E-state index < -0.39 is 16.0 Å². The molecular weight excluding hydrogens is 280 g/mol. The summed E-state index contributed by atoms with van der Waals surface area (Å²) in [6.45, 7) is 1.43. The lowest BCUT2D eigenvalue weighted by Gasteiger charge is -2.16. The molecule has 1 saturated heterocycles. The van der Waals surface area contributed by atoms with E-state index in [4.69, 9.17) is 10.8 Å². The van der Waals surface area contributed by atoms with Crippen molar-refractivity contribution in [2.75, 3.05) is 19.6 Å². The van der Waals surface area contributed by atoms with Gasteiger partial charge in [-0.3, -0.25) is 0 Å². The lowest BCUT2D eigenvalue weighted by Crippen LogP contribution is -2.31. The number of hydrogen-bond acceptors (Lipinski definition) is 4. The van der Waals surface area contributed by atoms with E-state index in [-0.39, 0.29) is 17.2 Å². The highest BCUT2D eigenvalue weighted by Crippen LogP contribution is 2.21. The van der Waals surface area contributed by atoms with Crippen LogP contribution in [0.15, 0.2) is 24.3 Å². The normalized spacial score (nSPS) is 20.1. The Morgan fingerprint density at radius 2 is 2.20 bits per heavy atom. The van der Waals surface area contributed by atoms with Gasteiger partial charge in [0.1, 0.15) is 0 Å². The monoisotopic (exact) mass is 298 g/mol. The molecule has 20 heavy (non-hydrogen) atoms. The minimum Gasteiger partial charge on any atom is -0.478 e. The smallest absolute Gasteiger partial charge is 0.335 e. The number of carbonyl (C=O) groups is 1. The van der Waals surface area contributed by atoms with Gasteiger partial charge in [-0.25, -0.2) is 17.5 Å². The van der Waals surface area contributed by atoms with Crippen molar-refractivity contribution in [2.24, 2.45) is 11.7 Å². The Morgan fingerprint density at radius 1 is 1.45 bits per heavy atom. The van der Waals surface area contributed by atoms with Gasteiger partial charge < -0.3 is 10.8 Å². The minimum atomic E-state index is -3.41. The number of carboxylic acid groups (broad SMARTS) is 1. The molecule has 7 heteroatoms. The van der Waals surface area contributed by atoms with E-state index in [0.29, 0.717) is 25.2 Å². The average molecular weight is 298 g/mol. The third-order valence-corrected chi connectivity index (χ3v) is 5.31. The first-order valence-corrected chi connectivity index (χ1v) is 8.03. The molecule has 1 unspecified atom stereocenters. The summed E-state index contributed by atoms with van der Waals surface area (Å²) in [4.78, 5) is 10.9. The Balaban J connectivity index is 2.12. The van der Waals surface area contributed by atoms with Gasteiger partial charge in [-0.1, -0.05) is 12.1 Å². The minimum absolute atomic E-state index is 0.0963. The molecule has 1 aliphatic rings. The molecule has 1 heterocycles. The summed E-state index contributed by atoms with van der Waals surface area (Å²) in [5.41, 5.74) is 6.14. The Bertz CT molecular complexity index is 600. The van der Waals surface area contributed by atoms with Crippen LogP contribution in [-0.2, 0) is 15.8 Å². The molecule has 1 aromatic carbocycles. The molecule has 3 N–H and O–H groups in total. The highest BCUT2D eigenvalue weighted by Gasteiger charge is 2.30. The molecule has 0 saturated carbocycles. The van der Waals surface area contributed by atoms with Crippen LogP contribution in [0.2, 0.25) is 0 Å².